The van der Waals surface area contributed by atoms with Gasteiger partial charge >= 0.3 is 0 Å². The molecule has 184 valence electrons. The van der Waals surface area contributed by atoms with Gasteiger partial charge in [0.2, 0.25) is 15.9 Å². The van der Waals surface area contributed by atoms with E-state index in [4.69, 9.17) is 27.9 Å². The minimum Gasteiger partial charge on any atom is -0.493 e. The van der Waals surface area contributed by atoms with E-state index in [1.54, 1.807) is 12.1 Å². The molecule has 2 saturated heterocycles. The number of piperidine rings is 2. The minimum atomic E-state index is -3.80. The molecule has 2 aromatic rings. The number of sulfonamides is 1. The lowest BCUT2D eigenvalue weighted by molar-refractivity contribution is -0.136. The molecule has 2 aliphatic rings. The van der Waals surface area contributed by atoms with Crippen LogP contribution in [0.5, 0.6) is 5.75 Å². The molecule has 4 rings (SSSR count). The van der Waals surface area contributed by atoms with Gasteiger partial charge < -0.3 is 9.64 Å². The molecule has 9 heteroatoms. The first-order valence-corrected chi connectivity index (χ1v) is 13.9. The van der Waals surface area contributed by atoms with Crippen molar-refractivity contribution in [2.45, 2.75) is 43.4 Å². The van der Waals surface area contributed by atoms with Crippen molar-refractivity contribution in [3.63, 3.8) is 0 Å². The molecule has 0 saturated carbocycles. The molecule has 2 fully saturated rings. The highest BCUT2D eigenvalue weighted by Crippen LogP contribution is 2.39. The predicted molar refractivity (Wildman–Crippen MR) is 134 cm³/mol. The molecular formula is C25H30Cl2N2O4S. The molecule has 0 atom stereocenters. The first-order valence-electron chi connectivity index (χ1n) is 11.7. The summed E-state index contributed by atoms with van der Waals surface area (Å²) in [5.41, 5.74) is -0.436. The summed E-state index contributed by atoms with van der Waals surface area (Å²) in [7, 11) is -3.80. The van der Waals surface area contributed by atoms with Gasteiger partial charge in [-0.15, -0.1) is 0 Å². The third-order valence-electron chi connectivity index (χ3n) is 6.84. The van der Waals surface area contributed by atoms with Crippen molar-refractivity contribution in [2.24, 2.45) is 5.41 Å². The van der Waals surface area contributed by atoms with Crippen LogP contribution in [-0.4, -0.2) is 56.3 Å². The largest absolute Gasteiger partial charge is 0.493 e. The number of amides is 1. The minimum absolute atomic E-state index is 0.0131. The van der Waals surface area contributed by atoms with E-state index in [1.807, 2.05) is 35.2 Å². The Hall–Kier alpha value is -1.80. The Morgan fingerprint density at radius 2 is 1.59 bits per heavy atom. The Bertz CT molecular complexity index is 1100. The van der Waals surface area contributed by atoms with Crippen LogP contribution in [0.3, 0.4) is 0 Å². The zero-order valence-corrected chi connectivity index (χ0v) is 21.4. The van der Waals surface area contributed by atoms with Gasteiger partial charge in [-0.05, 0) is 56.4 Å². The van der Waals surface area contributed by atoms with E-state index >= 15 is 0 Å². The molecule has 1 amide bonds. The van der Waals surface area contributed by atoms with Gasteiger partial charge in [-0.1, -0.05) is 47.5 Å². The van der Waals surface area contributed by atoms with Gasteiger partial charge in [-0.25, -0.2) is 8.42 Å². The Morgan fingerprint density at radius 1 is 0.912 bits per heavy atom. The molecule has 2 aliphatic heterocycles. The Balaban J connectivity index is 1.50. The molecule has 2 aromatic carbocycles. The Morgan fingerprint density at radius 3 is 2.26 bits per heavy atom. The van der Waals surface area contributed by atoms with E-state index in [-0.39, 0.29) is 33.9 Å². The number of para-hydroxylation sites is 1. The van der Waals surface area contributed by atoms with Gasteiger partial charge in [-0.3, -0.25) is 4.79 Å². The molecule has 0 spiro atoms. The highest BCUT2D eigenvalue weighted by Gasteiger charge is 2.42. The number of carbonyl (C=O) groups excluding carboxylic acids is 1. The van der Waals surface area contributed by atoms with Gasteiger partial charge in [0.05, 0.1) is 16.7 Å². The summed E-state index contributed by atoms with van der Waals surface area (Å²) in [6, 6.07) is 14.1. The number of likely N-dealkylation sites (tertiary alicyclic amines) is 1. The molecule has 0 bridgehead atoms. The summed E-state index contributed by atoms with van der Waals surface area (Å²) in [6.07, 6.45) is 4.63. The summed E-state index contributed by atoms with van der Waals surface area (Å²) < 4.78 is 34.1. The van der Waals surface area contributed by atoms with Gasteiger partial charge in [0.15, 0.2) is 0 Å². The summed E-state index contributed by atoms with van der Waals surface area (Å²) in [5, 5.41) is 0.242. The molecule has 2 heterocycles. The van der Waals surface area contributed by atoms with Crippen LogP contribution in [0.2, 0.25) is 10.0 Å². The van der Waals surface area contributed by atoms with Crippen LogP contribution in [0, 0.1) is 5.41 Å². The van der Waals surface area contributed by atoms with Crippen LogP contribution in [0.15, 0.2) is 53.4 Å². The summed E-state index contributed by atoms with van der Waals surface area (Å²) >= 11 is 12.3. The number of halogens is 2. The molecule has 0 N–H and O–H groups in total. The van der Waals surface area contributed by atoms with E-state index in [0.717, 1.165) is 38.1 Å². The summed E-state index contributed by atoms with van der Waals surface area (Å²) in [6.45, 7) is 2.53. The van der Waals surface area contributed by atoms with Crippen molar-refractivity contribution in [2.75, 3.05) is 32.8 Å². The number of hydrogen-bond acceptors (Lipinski definition) is 4. The number of carbonyl (C=O) groups is 1. The Kier molecular flexibility index (Phi) is 8.08. The number of rotatable bonds is 7. The van der Waals surface area contributed by atoms with Crippen LogP contribution in [0.4, 0.5) is 0 Å². The van der Waals surface area contributed by atoms with E-state index in [1.165, 1.54) is 10.4 Å². The number of ether oxygens (including phenoxy) is 1. The zero-order chi connectivity index (χ0) is 24.2. The van der Waals surface area contributed by atoms with E-state index in [2.05, 4.69) is 0 Å². The average molecular weight is 525 g/mol. The second-order valence-electron chi connectivity index (χ2n) is 9.18. The highest BCUT2D eigenvalue weighted by molar-refractivity contribution is 7.89. The van der Waals surface area contributed by atoms with Gasteiger partial charge in [0, 0.05) is 38.0 Å². The van der Waals surface area contributed by atoms with Crippen molar-refractivity contribution in [1.82, 2.24) is 9.21 Å². The second-order valence-corrected chi connectivity index (χ2v) is 11.9. The van der Waals surface area contributed by atoms with Gasteiger partial charge in [-0.2, -0.15) is 4.31 Å². The summed E-state index contributed by atoms with van der Waals surface area (Å²) in [5.74, 6) is 0.874. The molecular weight excluding hydrogens is 495 g/mol. The van der Waals surface area contributed by atoms with E-state index in [0.29, 0.717) is 25.9 Å². The van der Waals surface area contributed by atoms with Crippen molar-refractivity contribution >= 4 is 39.1 Å². The van der Waals surface area contributed by atoms with E-state index in [9.17, 15) is 13.2 Å². The van der Waals surface area contributed by atoms with Crippen LogP contribution >= 0.6 is 23.2 Å². The van der Waals surface area contributed by atoms with Crippen molar-refractivity contribution < 1.29 is 17.9 Å². The standard InChI is InChI=1S/C25H30Cl2N2O4S/c26-21-10-7-11-22(24(21)27)34(31,32)29-16-12-25(13-17-29,19-33-20-8-3-1-4-9-20)18-23(30)28-14-5-2-6-15-28/h1,3-4,7-11H,2,5-6,12-19H2. The first-order chi connectivity index (χ1) is 16.3. The first kappa shape index (κ1) is 25.3. The second kappa shape index (κ2) is 10.9. The lowest BCUT2D eigenvalue weighted by atomic mass is 9.76. The summed E-state index contributed by atoms with van der Waals surface area (Å²) in [4.78, 5) is 15.1. The fourth-order valence-electron chi connectivity index (χ4n) is 4.72. The van der Waals surface area contributed by atoms with Crippen LogP contribution < -0.4 is 4.74 Å². The van der Waals surface area contributed by atoms with Crippen molar-refractivity contribution in [3.8, 4) is 5.75 Å². The third kappa shape index (κ3) is 5.70. The van der Waals surface area contributed by atoms with Crippen molar-refractivity contribution in [3.05, 3.63) is 58.6 Å². The number of benzene rings is 2. The molecule has 0 aromatic heterocycles. The predicted octanol–water partition coefficient (Wildman–Crippen LogP) is 5.25. The molecule has 34 heavy (non-hydrogen) atoms. The molecule has 0 radical (unpaired) electrons. The quantitative estimate of drug-likeness (QED) is 0.496. The fourth-order valence-corrected chi connectivity index (χ4v) is 6.90. The number of nitrogens with zero attached hydrogens (tertiary/aromatic N) is 2. The van der Waals surface area contributed by atoms with Gasteiger partial charge in [0.25, 0.3) is 0 Å². The lowest BCUT2D eigenvalue weighted by Gasteiger charge is -2.42. The van der Waals surface area contributed by atoms with E-state index < -0.39 is 15.4 Å². The third-order valence-corrected chi connectivity index (χ3v) is 9.71. The van der Waals surface area contributed by atoms with Crippen LogP contribution in [0.1, 0.15) is 38.5 Å². The molecule has 0 aliphatic carbocycles. The van der Waals surface area contributed by atoms with Crippen LogP contribution in [0.25, 0.3) is 0 Å². The smallest absolute Gasteiger partial charge is 0.244 e. The number of hydrogen-bond donors (Lipinski definition) is 0. The monoisotopic (exact) mass is 524 g/mol. The SMILES string of the molecule is O=C(CC1(COc2ccccc2)CCN(S(=O)(=O)c2cccc(Cl)c2Cl)CC1)N1CCCCC1. The molecule has 0 unspecified atom stereocenters. The highest BCUT2D eigenvalue weighted by atomic mass is 35.5. The maximum absolute atomic E-state index is 13.3. The maximum Gasteiger partial charge on any atom is 0.244 e. The Labute approximate surface area is 211 Å². The average Bonchev–Trinajstić information content (AvgIpc) is 2.86. The maximum atomic E-state index is 13.3. The zero-order valence-electron chi connectivity index (χ0n) is 19.1. The van der Waals surface area contributed by atoms with Gasteiger partial charge in [0.1, 0.15) is 10.6 Å². The normalized spacial score (nSPS) is 19.1. The van der Waals surface area contributed by atoms with Crippen LogP contribution in [-0.2, 0) is 14.8 Å². The molecule has 6 nitrogen and oxygen atoms in total. The van der Waals surface area contributed by atoms with Crippen molar-refractivity contribution in [1.29, 1.82) is 0 Å². The lowest BCUT2D eigenvalue weighted by Crippen LogP contribution is -2.48. The topological polar surface area (TPSA) is 66.9 Å². The fraction of sp³-hybridized carbons (Fsp3) is 0.480.